The van der Waals surface area contributed by atoms with Crippen LogP contribution in [0.25, 0.3) is 0 Å². The zero-order chi connectivity index (χ0) is 12.8. The Kier molecular flexibility index (Phi) is 4.48. The van der Waals surface area contributed by atoms with Crippen molar-refractivity contribution in [3.63, 3.8) is 0 Å². The standard InChI is InChI=1S/C15H15ClO2/c1-17-14-8-4-5-9-15(14)18-11-13-7-3-2-6-12(13)10-16/h2-9H,10-11H2,1H3. The molecule has 2 rings (SSSR count). The Labute approximate surface area is 112 Å². The maximum atomic E-state index is 5.89. The van der Waals surface area contributed by atoms with Crippen LogP contribution in [0.2, 0.25) is 0 Å². The molecule has 2 aromatic rings. The van der Waals surface area contributed by atoms with Crippen LogP contribution in [0.5, 0.6) is 11.5 Å². The van der Waals surface area contributed by atoms with E-state index in [4.69, 9.17) is 21.1 Å². The first-order chi connectivity index (χ1) is 8.85. The van der Waals surface area contributed by atoms with Gasteiger partial charge in [0.15, 0.2) is 11.5 Å². The topological polar surface area (TPSA) is 18.5 Å². The van der Waals surface area contributed by atoms with Gasteiger partial charge in [-0.2, -0.15) is 0 Å². The average molecular weight is 263 g/mol. The van der Waals surface area contributed by atoms with Crippen molar-refractivity contribution in [3.8, 4) is 11.5 Å². The lowest BCUT2D eigenvalue weighted by Crippen LogP contribution is -2.00. The third-order valence-corrected chi connectivity index (χ3v) is 3.00. The first-order valence-corrected chi connectivity index (χ1v) is 6.27. The summed E-state index contributed by atoms with van der Waals surface area (Å²) in [6.45, 7) is 0.489. The molecule has 3 heteroatoms. The summed E-state index contributed by atoms with van der Waals surface area (Å²) in [7, 11) is 1.63. The van der Waals surface area contributed by atoms with E-state index in [1.54, 1.807) is 7.11 Å². The fourth-order valence-corrected chi connectivity index (χ4v) is 1.98. The summed E-state index contributed by atoms with van der Waals surface area (Å²) in [5.74, 6) is 1.97. The molecule has 0 atom stereocenters. The van der Waals surface area contributed by atoms with Crippen LogP contribution in [-0.2, 0) is 12.5 Å². The van der Waals surface area contributed by atoms with E-state index in [0.717, 1.165) is 22.6 Å². The predicted octanol–water partition coefficient (Wildman–Crippen LogP) is 4.01. The van der Waals surface area contributed by atoms with Crippen LogP contribution in [-0.4, -0.2) is 7.11 Å². The summed E-state index contributed by atoms with van der Waals surface area (Å²) >= 11 is 5.89. The molecule has 0 spiro atoms. The summed E-state index contributed by atoms with van der Waals surface area (Å²) < 4.78 is 11.0. The summed E-state index contributed by atoms with van der Waals surface area (Å²) in [5.41, 5.74) is 2.19. The first-order valence-electron chi connectivity index (χ1n) is 5.73. The number of methoxy groups -OCH3 is 1. The van der Waals surface area contributed by atoms with Crippen molar-refractivity contribution < 1.29 is 9.47 Å². The molecule has 18 heavy (non-hydrogen) atoms. The van der Waals surface area contributed by atoms with E-state index in [1.807, 2.05) is 48.5 Å². The molecule has 0 saturated carbocycles. The van der Waals surface area contributed by atoms with Gasteiger partial charge in [0.2, 0.25) is 0 Å². The fourth-order valence-electron chi connectivity index (χ4n) is 1.72. The highest BCUT2D eigenvalue weighted by molar-refractivity contribution is 6.17. The van der Waals surface area contributed by atoms with E-state index in [1.165, 1.54) is 0 Å². The van der Waals surface area contributed by atoms with Crippen molar-refractivity contribution in [2.45, 2.75) is 12.5 Å². The lowest BCUT2D eigenvalue weighted by Gasteiger charge is -2.12. The zero-order valence-corrected chi connectivity index (χ0v) is 11.0. The van der Waals surface area contributed by atoms with E-state index in [0.29, 0.717) is 12.5 Å². The van der Waals surface area contributed by atoms with Crippen LogP contribution in [0, 0.1) is 0 Å². The Hall–Kier alpha value is -1.67. The average Bonchev–Trinajstić information content (AvgIpc) is 2.45. The molecule has 0 saturated heterocycles. The highest BCUT2D eigenvalue weighted by atomic mass is 35.5. The van der Waals surface area contributed by atoms with Crippen molar-refractivity contribution in [3.05, 3.63) is 59.7 Å². The zero-order valence-electron chi connectivity index (χ0n) is 10.2. The van der Waals surface area contributed by atoms with Gasteiger partial charge in [-0.05, 0) is 23.3 Å². The van der Waals surface area contributed by atoms with Crippen molar-refractivity contribution in [1.29, 1.82) is 0 Å². The fraction of sp³-hybridized carbons (Fsp3) is 0.200. The highest BCUT2D eigenvalue weighted by Gasteiger charge is 2.05. The Balaban J connectivity index is 2.11. The number of alkyl halides is 1. The van der Waals surface area contributed by atoms with Crippen LogP contribution < -0.4 is 9.47 Å². The molecule has 0 fully saturated rings. The van der Waals surface area contributed by atoms with Gasteiger partial charge in [0.05, 0.1) is 7.11 Å². The Bertz CT molecular complexity index is 464. The minimum atomic E-state index is 0.489. The number of para-hydroxylation sites is 2. The van der Waals surface area contributed by atoms with E-state index in [9.17, 15) is 0 Å². The second kappa shape index (κ2) is 6.31. The number of halogens is 1. The quantitative estimate of drug-likeness (QED) is 0.758. The van der Waals surface area contributed by atoms with Gasteiger partial charge >= 0.3 is 0 Å². The number of rotatable bonds is 5. The van der Waals surface area contributed by atoms with E-state index in [-0.39, 0.29) is 0 Å². The largest absolute Gasteiger partial charge is 0.493 e. The molecule has 94 valence electrons. The highest BCUT2D eigenvalue weighted by Crippen LogP contribution is 2.27. The maximum absolute atomic E-state index is 5.89. The summed E-state index contributed by atoms with van der Waals surface area (Å²) in [4.78, 5) is 0. The number of ether oxygens (including phenoxy) is 2. The number of hydrogen-bond donors (Lipinski definition) is 0. The predicted molar refractivity (Wildman–Crippen MR) is 73.3 cm³/mol. The van der Waals surface area contributed by atoms with Crippen molar-refractivity contribution >= 4 is 11.6 Å². The lowest BCUT2D eigenvalue weighted by molar-refractivity contribution is 0.284. The Morgan fingerprint density at radius 1 is 0.889 bits per heavy atom. The van der Waals surface area contributed by atoms with Gasteiger partial charge in [0.1, 0.15) is 6.61 Å². The summed E-state index contributed by atoms with van der Waals surface area (Å²) in [6.07, 6.45) is 0. The summed E-state index contributed by atoms with van der Waals surface area (Å²) in [6, 6.07) is 15.6. The molecule has 0 radical (unpaired) electrons. The first kappa shape index (κ1) is 12.8. The van der Waals surface area contributed by atoms with Gasteiger partial charge in [-0.3, -0.25) is 0 Å². The van der Waals surface area contributed by atoms with Crippen LogP contribution in [0.15, 0.2) is 48.5 Å². The molecule has 0 heterocycles. The van der Waals surface area contributed by atoms with Crippen molar-refractivity contribution in [1.82, 2.24) is 0 Å². The normalized spacial score (nSPS) is 10.1. The minimum absolute atomic E-state index is 0.489. The third kappa shape index (κ3) is 2.96. The van der Waals surface area contributed by atoms with Crippen molar-refractivity contribution in [2.24, 2.45) is 0 Å². The van der Waals surface area contributed by atoms with E-state index >= 15 is 0 Å². The van der Waals surface area contributed by atoms with Gasteiger partial charge in [-0.15, -0.1) is 11.6 Å². The molecule has 0 bridgehead atoms. The van der Waals surface area contributed by atoms with E-state index in [2.05, 4.69) is 0 Å². The van der Waals surface area contributed by atoms with Gasteiger partial charge in [0.25, 0.3) is 0 Å². The van der Waals surface area contributed by atoms with Crippen LogP contribution in [0.1, 0.15) is 11.1 Å². The number of benzene rings is 2. The molecule has 0 aliphatic rings. The van der Waals surface area contributed by atoms with Crippen LogP contribution in [0.4, 0.5) is 0 Å². The van der Waals surface area contributed by atoms with Gasteiger partial charge in [-0.25, -0.2) is 0 Å². The van der Waals surface area contributed by atoms with Crippen molar-refractivity contribution in [2.75, 3.05) is 7.11 Å². The van der Waals surface area contributed by atoms with Crippen LogP contribution >= 0.6 is 11.6 Å². The molecule has 0 amide bonds. The smallest absolute Gasteiger partial charge is 0.161 e. The second-order valence-corrected chi connectivity index (χ2v) is 4.11. The molecule has 0 N–H and O–H groups in total. The molecule has 0 aliphatic heterocycles. The molecule has 0 unspecified atom stereocenters. The lowest BCUT2D eigenvalue weighted by atomic mass is 10.1. The molecule has 2 aromatic carbocycles. The summed E-state index contributed by atoms with van der Waals surface area (Å²) in [5, 5.41) is 0. The molecule has 0 aliphatic carbocycles. The van der Waals surface area contributed by atoms with E-state index < -0.39 is 0 Å². The number of hydrogen-bond acceptors (Lipinski definition) is 2. The second-order valence-electron chi connectivity index (χ2n) is 3.84. The Morgan fingerprint density at radius 3 is 2.17 bits per heavy atom. The third-order valence-electron chi connectivity index (χ3n) is 2.71. The maximum Gasteiger partial charge on any atom is 0.161 e. The molecule has 2 nitrogen and oxygen atoms in total. The molecular weight excluding hydrogens is 248 g/mol. The molecule has 0 aromatic heterocycles. The van der Waals surface area contributed by atoms with Gasteiger partial charge in [-0.1, -0.05) is 36.4 Å². The van der Waals surface area contributed by atoms with Crippen LogP contribution in [0.3, 0.4) is 0 Å². The minimum Gasteiger partial charge on any atom is -0.493 e. The van der Waals surface area contributed by atoms with Gasteiger partial charge in [0, 0.05) is 5.88 Å². The Morgan fingerprint density at radius 2 is 1.50 bits per heavy atom. The molecular formula is C15H15ClO2. The van der Waals surface area contributed by atoms with Gasteiger partial charge < -0.3 is 9.47 Å². The SMILES string of the molecule is COc1ccccc1OCc1ccccc1CCl. The monoisotopic (exact) mass is 262 g/mol.